The van der Waals surface area contributed by atoms with Gasteiger partial charge in [0.25, 0.3) is 0 Å². The molecule has 3 rings (SSSR count). The molecule has 0 unspecified atom stereocenters. The van der Waals surface area contributed by atoms with Crippen molar-refractivity contribution in [1.29, 1.82) is 0 Å². The number of rotatable bonds is 4. The first-order valence-corrected chi connectivity index (χ1v) is 8.77. The zero-order valence-electron chi connectivity index (χ0n) is 10.4. The normalized spacial score (nSPS) is 14.6. The summed E-state index contributed by atoms with van der Waals surface area (Å²) in [5.74, 6) is 2.03. The monoisotopic (exact) mass is 388 g/mol. The Morgan fingerprint density at radius 3 is 2.50 bits per heavy atom. The molecular weight excluding hydrogens is 379 g/mol. The van der Waals surface area contributed by atoms with Crippen molar-refractivity contribution in [2.75, 3.05) is 0 Å². The lowest BCUT2D eigenvalue weighted by Gasteiger charge is -2.07. The van der Waals surface area contributed by atoms with Crippen LogP contribution in [0.25, 0.3) is 0 Å². The highest BCUT2D eigenvalue weighted by atomic mass is 79.9. The number of benzene rings is 1. The van der Waals surface area contributed by atoms with Gasteiger partial charge in [-0.1, -0.05) is 23.2 Å². The molecule has 1 aliphatic rings. The van der Waals surface area contributed by atoms with Gasteiger partial charge in [-0.05, 0) is 53.0 Å². The van der Waals surface area contributed by atoms with E-state index in [1.165, 1.54) is 12.8 Å². The maximum absolute atomic E-state index is 6.17. The Labute approximate surface area is 140 Å². The van der Waals surface area contributed by atoms with Gasteiger partial charge in [-0.3, -0.25) is 0 Å². The van der Waals surface area contributed by atoms with Gasteiger partial charge in [-0.15, -0.1) is 11.8 Å². The van der Waals surface area contributed by atoms with Gasteiger partial charge in [0.15, 0.2) is 0 Å². The molecule has 0 bridgehead atoms. The van der Waals surface area contributed by atoms with Crippen molar-refractivity contribution in [2.45, 2.75) is 29.4 Å². The van der Waals surface area contributed by atoms with Gasteiger partial charge in [0, 0.05) is 15.8 Å². The second-order valence-electron chi connectivity index (χ2n) is 4.65. The Bertz CT molecular complexity index is 630. The average molecular weight is 390 g/mol. The summed E-state index contributed by atoms with van der Waals surface area (Å²) in [6.07, 6.45) is 2.38. The fraction of sp³-hybridized carbons (Fsp3) is 0.286. The molecule has 0 radical (unpaired) electrons. The van der Waals surface area contributed by atoms with Crippen LogP contribution in [0.4, 0.5) is 0 Å². The molecule has 0 amide bonds. The molecule has 0 spiro atoms. The Kier molecular flexibility index (Phi) is 4.55. The highest BCUT2D eigenvalue weighted by molar-refractivity contribution is 9.10. The number of halogens is 3. The molecule has 1 aliphatic carbocycles. The van der Waals surface area contributed by atoms with Crippen LogP contribution in [-0.4, -0.2) is 9.97 Å². The van der Waals surface area contributed by atoms with Crippen molar-refractivity contribution in [1.82, 2.24) is 9.97 Å². The van der Waals surface area contributed by atoms with Crippen molar-refractivity contribution in [3.63, 3.8) is 0 Å². The molecule has 20 heavy (non-hydrogen) atoms. The van der Waals surface area contributed by atoms with Gasteiger partial charge < -0.3 is 0 Å². The van der Waals surface area contributed by atoms with Gasteiger partial charge in [0.05, 0.1) is 15.9 Å². The van der Waals surface area contributed by atoms with E-state index in [2.05, 4.69) is 25.9 Å². The Balaban J connectivity index is 1.75. The molecule has 1 fully saturated rings. The minimum atomic E-state index is 0.508. The zero-order valence-corrected chi connectivity index (χ0v) is 14.4. The number of nitrogens with zero attached hydrogens (tertiary/aromatic N) is 2. The zero-order chi connectivity index (χ0) is 14.1. The van der Waals surface area contributed by atoms with Crippen LogP contribution in [-0.2, 0) is 5.75 Å². The first-order chi connectivity index (χ1) is 9.63. The summed E-state index contributed by atoms with van der Waals surface area (Å²) < 4.78 is 0.849. The fourth-order valence-electron chi connectivity index (χ4n) is 1.85. The minimum absolute atomic E-state index is 0.508. The van der Waals surface area contributed by atoms with Crippen LogP contribution in [0.5, 0.6) is 0 Å². The largest absolute Gasteiger partial charge is 0.235 e. The molecular formula is C14H11BrCl2N2S. The topological polar surface area (TPSA) is 25.8 Å². The number of thioether (sulfide) groups is 1. The van der Waals surface area contributed by atoms with Crippen LogP contribution in [0.15, 0.2) is 33.6 Å². The fourth-order valence-corrected chi connectivity index (χ4v) is 3.43. The lowest BCUT2D eigenvalue weighted by Crippen LogP contribution is -1.99. The maximum atomic E-state index is 6.17. The van der Waals surface area contributed by atoms with E-state index in [4.69, 9.17) is 23.2 Å². The third-order valence-corrected chi connectivity index (χ3v) is 5.57. The molecule has 1 aromatic heterocycles. The van der Waals surface area contributed by atoms with E-state index in [0.717, 1.165) is 25.9 Å². The van der Waals surface area contributed by atoms with Crippen LogP contribution in [0.2, 0.25) is 10.2 Å². The van der Waals surface area contributed by atoms with E-state index in [9.17, 15) is 0 Å². The van der Waals surface area contributed by atoms with Crippen LogP contribution in [0.3, 0.4) is 0 Å². The van der Waals surface area contributed by atoms with Crippen molar-refractivity contribution in [3.05, 3.63) is 50.4 Å². The summed E-state index contributed by atoms with van der Waals surface area (Å²) in [5, 5.41) is 1.25. The van der Waals surface area contributed by atoms with E-state index in [1.54, 1.807) is 11.8 Å². The first-order valence-electron chi connectivity index (χ1n) is 6.23. The summed E-state index contributed by atoms with van der Waals surface area (Å²) in [5.41, 5.74) is 1.05. The average Bonchev–Trinajstić information content (AvgIpc) is 3.26. The third-order valence-electron chi connectivity index (χ3n) is 3.03. The van der Waals surface area contributed by atoms with Gasteiger partial charge in [-0.2, -0.15) is 0 Å². The lowest BCUT2D eigenvalue weighted by molar-refractivity contribution is 0.920. The second-order valence-corrected chi connectivity index (χ2v) is 7.28. The molecule has 0 N–H and O–H groups in total. The highest BCUT2D eigenvalue weighted by Crippen LogP contribution is 2.43. The van der Waals surface area contributed by atoms with Crippen molar-refractivity contribution < 1.29 is 0 Å². The molecule has 2 aromatic rings. The summed E-state index contributed by atoms with van der Waals surface area (Å²) in [6, 6.07) is 7.76. The maximum Gasteiger partial charge on any atom is 0.147 e. The molecule has 0 saturated heterocycles. The van der Waals surface area contributed by atoms with Crippen molar-refractivity contribution in [3.8, 4) is 0 Å². The summed E-state index contributed by atoms with van der Waals surface area (Å²) in [7, 11) is 0. The predicted molar refractivity (Wildman–Crippen MR) is 87.7 cm³/mol. The molecule has 6 heteroatoms. The molecule has 0 atom stereocenters. The van der Waals surface area contributed by atoms with E-state index in [-0.39, 0.29) is 0 Å². The smallest absolute Gasteiger partial charge is 0.147 e. The van der Waals surface area contributed by atoms with Crippen LogP contribution in [0.1, 0.15) is 30.3 Å². The Morgan fingerprint density at radius 1 is 1.15 bits per heavy atom. The third kappa shape index (κ3) is 3.48. The molecule has 104 valence electrons. The van der Waals surface area contributed by atoms with E-state index in [1.807, 2.05) is 24.3 Å². The van der Waals surface area contributed by atoms with Crippen LogP contribution in [0, 0.1) is 0 Å². The standard InChI is InChI=1S/C14H11BrCl2N2S/c15-12-13(8-1-2-8)18-11(19-14(12)17)7-20-10-5-3-9(16)4-6-10/h3-6,8H,1-2,7H2. The number of aromatic nitrogens is 2. The molecule has 0 aliphatic heterocycles. The second kappa shape index (κ2) is 6.22. The quantitative estimate of drug-likeness (QED) is 0.494. The van der Waals surface area contributed by atoms with Crippen LogP contribution < -0.4 is 0 Å². The van der Waals surface area contributed by atoms with Gasteiger partial charge in [0.1, 0.15) is 11.0 Å². The van der Waals surface area contributed by atoms with Crippen molar-refractivity contribution >= 4 is 50.9 Å². The molecule has 1 aromatic carbocycles. The summed E-state index contributed by atoms with van der Waals surface area (Å²) >= 11 is 17.2. The minimum Gasteiger partial charge on any atom is -0.235 e. The van der Waals surface area contributed by atoms with Crippen molar-refractivity contribution in [2.24, 2.45) is 0 Å². The van der Waals surface area contributed by atoms with E-state index >= 15 is 0 Å². The van der Waals surface area contributed by atoms with E-state index in [0.29, 0.717) is 16.8 Å². The molecule has 2 nitrogen and oxygen atoms in total. The molecule has 1 saturated carbocycles. The highest BCUT2D eigenvalue weighted by Gasteiger charge is 2.29. The number of hydrogen-bond acceptors (Lipinski definition) is 3. The van der Waals surface area contributed by atoms with Crippen LogP contribution >= 0.6 is 50.9 Å². The number of hydrogen-bond donors (Lipinski definition) is 0. The summed E-state index contributed by atoms with van der Waals surface area (Å²) in [4.78, 5) is 10.1. The lowest BCUT2D eigenvalue weighted by atomic mass is 10.3. The van der Waals surface area contributed by atoms with Gasteiger partial charge in [0.2, 0.25) is 0 Å². The van der Waals surface area contributed by atoms with Gasteiger partial charge in [-0.25, -0.2) is 9.97 Å². The SMILES string of the molecule is Clc1ccc(SCc2nc(Cl)c(Br)c(C3CC3)n2)cc1. The Hall–Kier alpha value is -0.290. The van der Waals surface area contributed by atoms with Gasteiger partial charge >= 0.3 is 0 Å². The Morgan fingerprint density at radius 2 is 1.85 bits per heavy atom. The predicted octanol–water partition coefficient (Wildman–Crippen LogP) is 5.72. The summed E-state index contributed by atoms with van der Waals surface area (Å²) in [6.45, 7) is 0. The van der Waals surface area contributed by atoms with E-state index < -0.39 is 0 Å². The first kappa shape index (κ1) is 14.6. The molecule has 1 heterocycles.